The topological polar surface area (TPSA) is 33.0 Å². The SMILES string of the molecule is CO[C@H](C#N)C[C@H]1CCC(C)[C@@H]1C. The summed E-state index contributed by atoms with van der Waals surface area (Å²) in [5.41, 5.74) is 0. The van der Waals surface area contributed by atoms with Gasteiger partial charge in [-0.3, -0.25) is 0 Å². The Morgan fingerprint density at radius 1 is 1.46 bits per heavy atom. The van der Waals surface area contributed by atoms with E-state index in [9.17, 15) is 0 Å². The molecule has 1 saturated carbocycles. The van der Waals surface area contributed by atoms with E-state index < -0.39 is 0 Å². The smallest absolute Gasteiger partial charge is 0.143 e. The van der Waals surface area contributed by atoms with Crippen molar-refractivity contribution in [2.24, 2.45) is 17.8 Å². The number of ether oxygens (including phenoxy) is 1. The molecule has 0 bridgehead atoms. The first kappa shape index (κ1) is 10.5. The molecule has 1 aliphatic carbocycles. The number of hydrogen-bond donors (Lipinski definition) is 0. The Labute approximate surface area is 80.9 Å². The molecule has 0 aliphatic heterocycles. The van der Waals surface area contributed by atoms with Crippen LogP contribution in [0.4, 0.5) is 0 Å². The molecule has 0 radical (unpaired) electrons. The highest BCUT2D eigenvalue weighted by molar-refractivity contribution is 4.89. The zero-order chi connectivity index (χ0) is 9.84. The predicted molar refractivity (Wildman–Crippen MR) is 52.1 cm³/mol. The van der Waals surface area contributed by atoms with Gasteiger partial charge in [-0.05, 0) is 30.6 Å². The van der Waals surface area contributed by atoms with Crippen molar-refractivity contribution in [3.05, 3.63) is 0 Å². The van der Waals surface area contributed by atoms with Gasteiger partial charge in [-0.2, -0.15) is 5.26 Å². The molecule has 0 amide bonds. The average molecular weight is 181 g/mol. The van der Waals surface area contributed by atoms with Gasteiger partial charge in [0.2, 0.25) is 0 Å². The monoisotopic (exact) mass is 181 g/mol. The Hall–Kier alpha value is -0.550. The zero-order valence-electron chi connectivity index (χ0n) is 8.79. The van der Waals surface area contributed by atoms with E-state index in [4.69, 9.17) is 10.00 Å². The van der Waals surface area contributed by atoms with Crippen molar-refractivity contribution in [2.75, 3.05) is 7.11 Å². The van der Waals surface area contributed by atoms with E-state index in [0.717, 1.165) is 18.3 Å². The summed E-state index contributed by atoms with van der Waals surface area (Å²) >= 11 is 0. The van der Waals surface area contributed by atoms with Crippen LogP contribution in [-0.2, 0) is 4.74 Å². The number of rotatable bonds is 3. The first-order valence-electron chi connectivity index (χ1n) is 5.11. The molecule has 0 aromatic carbocycles. The molecular weight excluding hydrogens is 162 g/mol. The lowest BCUT2D eigenvalue weighted by Gasteiger charge is -2.19. The minimum absolute atomic E-state index is 0.197. The van der Waals surface area contributed by atoms with E-state index in [1.54, 1.807) is 7.11 Å². The third-order valence-electron chi connectivity index (χ3n) is 3.58. The van der Waals surface area contributed by atoms with E-state index in [1.165, 1.54) is 12.8 Å². The van der Waals surface area contributed by atoms with Crippen LogP contribution in [0.15, 0.2) is 0 Å². The minimum atomic E-state index is -0.197. The van der Waals surface area contributed by atoms with E-state index in [0.29, 0.717) is 5.92 Å². The van der Waals surface area contributed by atoms with Crippen molar-refractivity contribution in [1.82, 2.24) is 0 Å². The fraction of sp³-hybridized carbons (Fsp3) is 0.909. The largest absolute Gasteiger partial charge is 0.367 e. The van der Waals surface area contributed by atoms with Gasteiger partial charge in [0.05, 0.1) is 6.07 Å². The van der Waals surface area contributed by atoms with E-state index >= 15 is 0 Å². The highest BCUT2D eigenvalue weighted by Gasteiger charge is 2.31. The van der Waals surface area contributed by atoms with Crippen LogP contribution in [0.3, 0.4) is 0 Å². The van der Waals surface area contributed by atoms with Gasteiger partial charge in [-0.15, -0.1) is 0 Å². The van der Waals surface area contributed by atoms with Crippen LogP contribution >= 0.6 is 0 Å². The molecule has 74 valence electrons. The zero-order valence-corrected chi connectivity index (χ0v) is 8.79. The standard InChI is InChI=1S/C11H19NO/c1-8-4-5-10(9(8)2)6-11(7-12)13-3/h8-11H,4-6H2,1-3H3/t8?,9-,10+,11-/m0/s1. The molecule has 2 nitrogen and oxygen atoms in total. The second-order valence-electron chi connectivity index (χ2n) is 4.26. The molecule has 0 aromatic rings. The summed E-state index contributed by atoms with van der Waals surface area (Å²) in [7, 11) is 1.62. The average Bonchev–Trinajstić information content (AvgIpc) is 2.45. The maximum absolute atomic E-state index is 8.76. The van der Waals surface area contributed by atoms with Crippen LogP contribution in [0.25, 0.3) is 0 Å². The van der Waals surface area contributed by atoms with Crippen molar-refractivity contribution < 1.29 is 4.74 Å². The summed E-state index contributed by atoms with van der Waals surface area (Å²) in [6.07, 6.45) is 3.30. The molecule has 1 fully saturated rings. The first-order valence-corrected chi connectivity index (χ1v) is 5.11. The molecule has 0 N–H and O–H groups in total. The normalized spacial score (nSPS) is 35.7. The molecule has 0 spiro atoms. The van der Waals surface area contributed by atoms with Gasteiger partial charge in [0.1, 0.15) is 6.10 Å². The highest BCUT2D eigenvalue weighted by Crippen LogP contribution is 2.39. The fourth-order valence-corrected chi connectivity index (χ4v) is 2.28. The van der Waals surface area contributed by atoms with Crippen LogP contribution in [0.2, 0.25) is 0 Å². The number of nitriles is 1. The van der Waals surface area contributed by atoms with E-state index in [2.05, 4.69) is 19.9 Å². The van der Waals surface area contributed by atoms with Gasteiger partial charge in [0, 0.05) is 7.11 Å². The van der Waals surface area contributed by atoms with Gasteiger partial charge < -0.3 is 4.74 Å². The van der Waals surface area contributed by atoms with Gasteiger partial charge in [-0.1, -0.05) is 20.3 Å². The summed E-state index contributed by atoms with van der Waals surface area (Å²) in [6, 6.07) is 2.19. The summed E-state index contributed by atoms with van der Waals surface area (Å²) < 4.78 is 5.08. The molecule has 1 aliphatic rings. The van der Waals surface area contributed by atoms with Crippen molar-refractivity contribution in [3.8, 4) is 6.07 Å². The number of nitrogens with zero attached hydrogens (tertiary/aromatic N) is 1. The third-order valence-corrected chi connectivity index (χ3v) is 3.58. The first-order chi connectivity index (χ1) is 6.19. The summed E-state index contributed by atoms with van der Waals surface area (Å²) in [5, 5.41) is 8.76. The maximum atomic E-state index is 8.76. The lowest BCUT2D eigenvalue weighted by atomic mass is 9.88. The molecule has 0 saturated heterocycles. The summed E-state index contributed by atoms with van der Waals surface area (Å²) in [4.78, 5) is 0. The van der Waals surface area contributed by atoms with Crippen molar-refractivity contribution in [2.45, 2.75) is 39.2 Å². The van der Waals surface area contributed by atoms with Crippen LogP contribution in [-0.4, -0.2) is 13.2 Å². The quantitative estimate of drug-likeness (QED) is 0.670. The third kappa shape index (κ3) is 2.45. The highest BCUT2D eigenvalue weighted by atomic mass is 16.5. The Kier molecular flexibility index (Phi) is 3.74. The molecule has 1 unspecified atom stereocenters. The molecule has 13 heavy (non-hydrogen) atoms. The lowest BCUT2D eigenvalue weighted by molar-refractivity contribution is 0.114. The molecule has 4 atom stereocenters. The second-order valence-corrected chi connectivity index (χ2v) is 4.26. The Balaban J connectivity index is 2.42. The number of hydrogen-bond acceptors (Lipinski definition) is 2. The Bertz CT molecular complexity index is 197. The molecule has 0 aromatic heterocycles. The van der Waals surface area contributed by atoms with Gasteiger partial charge in [0.25, 0.3) is 0 Å². The Morgan fingerprint density at radius 3 is 2.54 bits per heavy atom. The maximum Gasteiger partial charge on any atom is 0.143 e. The fourth-order valence-electron chi connectivity index (χ4n) is 2.28. The Morgan fingerprint density at radius 2 is 2.15 bits per heavy atom. The van der Waals surface area contributed by atoms with Crippen LogP contribution < -0.4 is 0 Å². The van der Waals surface area contributed by atoms with Crippen LogP contribution in [0, 0.1) is 29.1 Å². The van der Waals surface area contributed by atoms with Gasteiger partial charge >= 0.3 is 0 Å². The molecule has 2 heteroatoms. The number of methoxy groups -OCH3 is 1. The minimum Gasteiger partial charge on any atom is -0.367 e. The summed E-state index contributed by atoms with van der Waals surface area (Å²) in [6.45, 7) is 4.60. The predicted octanol–water partition coefficient (Wildman–Crippen LogP) is 2.60. The molecular formula is C11H19NO. The van der Waals surface area contributed by atoms with Crippen LogP contribution in [0.5, 0.6) is 0 Å². The van der Waals surface area contributed by atoms with Gasteiger partial charge in [-0.25, -0.2) is 0 Å². The molecule has 1 rings (SSSR count). The summed E-state index contributed by atoms with van der Waals surface area (Å²) in [5.74, 6) is 2.27. The van der Waals surface area contributed by atoms with E-state index in [1.807, 2.05) is 0 Å². The van der Waals surface area contributed by atoms with Crippen molar-refractivity contribution in [1.29, 1.82) is 5.26 Å². The second kappa shape index (κ2) is 4.62. The van der Waals surface area contributed by atoms with Crippen LogP contribution in [0.1, 0.15) is 33.1 Å². The molecule has 0 heterocycles. The lowest BCUT2D eigenvalue weighted by Crippen LogP contribution is -2.17. The van der Waals surface area contributed by atoms with Gasteiger partial charge in [0.15, 0.2) is 0 Å². The van der Waals surface area contributed by atoms with Crippen molar-refractivity contribution in [3.63, 3.8) is 0 Å². The van der Waals surface area contributed by atoms with Crippen molar-refractivity contribution >= 4 is 0 Å². The van der Waals surface area contributed by atoms with E-state index in [-0.39, 0.29) is 6.10 Å².